The molecule has 1 aliphatic carbocycles. The second kappa shape index (κ2) is 14.1. The van der Waals surface area contributed by atoms with Crippen LogP contribution in [0.1, 0.15) is 57.2 Å². The van der Waals surface area contributed by atoms with Gasteiger partial charge in [-0.2, -0.15) is 0 Å². The summed E-state index contributed by atoms with van der Waals surface area (Å²) in [5.74, 6) is -0.681. The molecular weight excluding hydrogens is 725 g/mol. The van der Waals surface area contributed by atoms with Crippen molar-refractivity contribution in [2.24, 2.45) is 0 Å². The van der Waals surface area contributed by atoms with Crippen LogP contribution in [0.15, 0.2) is 134 Å². The first-order chi connectivity index (χ1) is 21.7. The third-order valence-corrected chi connectivity index (χ3v) is 8.12. The van der Waals surface area contributed by atoms with Crippen molar-refractivity contribution in [1.82, 2.24) is 9.97 Å². The molecule has 0 aliphatic heterocycles. The molecule has 2 nitrogen and oxygen atoms in total. The molecule has 0 bridgehead atoms. The van der Waals surface area contributed by atoms with Crippen LogP contribution in [0.4, 0.5) is 0 Å². The van der Waals surface area contributed by atoms with E-state index in [9.17, 15) is 0 Å². The van der Waals surface area contributed by atoms with Gasteiger partial charge in [0.2, 0.25) is 0 Å². The van der Waals surface area contributed by atoms with E-state index in [1.807, 2.05) is 68.4 Å². The van der Waals surface area contributed by atoms with Gasteiger partial charge in [0, 0.05) is 39.6 Å². The Labute approximate surface area is 282 Å². The summed E-state index contributed by atoms with van der Waals surface area (Å²) in [6.07, 6.45) is 5.88. The minimum absolute atomic E-state index is 0. The number of rotatable bonds is 5. The monoisotopic (exact) mass is 762 g/mol. The van der Waals surface area contributed by atoms with E-state index in [1.54, 1.807) is 12.4 Å². The van der Waals surface area contributed by atoms with Gasteiger partial charge in [-0.15, -0.1) is 59.7 Å². The summed E-state index contributed by atoms with van der Waals surface area (Å²) in [5.41, 5.74) is 12.0. The van der Waals surface area contributed by atoms with Crippen LogP contribution < -0.4 is 0 Å². The van der Waals surface area contributed by atoms with Crippen LogP contribution in [0, 0.1) is 12.1 Å². The molecule has 0 N–H and O–H groups in total. The van der Waals surface area contributed by atoms with Gasteiger partial charge < -0.3 is 4.98 Å². The molecule has 0 saturated carbocycles. The third-order valence-electron chi connectivity index (χ3n) is 8.12. The van der Waals surface area contributed by atoms with E-state index in [1.165, 1.54) is 27.8 Å². The molecule has 1 aliphatic rings. The van der Waals surface area contributed by atoms with E-state index in [4.69, 9.17) is 1.37 Å². The zero-order chi connectivity index (χ0) is 31.4. The Balaban J connectivity index is 0.000000269. The van der Waals surface area contributed by atoms with Crippen molar-refractivity contribution in [3.8, 4) is 33.6 Å². The Bertz CT molecular complexity index is 1890. The van der Waals surface area contributed by atoms with E-state index >= 15 is 0 Å². The Morgan fingerprint density at radius 1 is 0.689 bits per heavy atom. The first-order valence-corrected chi connectivity index (χ1v) is 15.0. The number of pyridine rings is 2. The maximum atomic E-state index is 8.46. The first-order valence-electron chi connectivity index (χ1n) is 15.5. The average molecular weight is 762 g/mol. The number of nitrogens with zero attached hydrogens (tertiary/aromatic N) is 2. The Kier molecular flexibility index (Phi) is 9.60. The SMILES string of the molecule is [2H]C(C)(C)c1ccnc(-c2[c-]c3c(c(-c4ccccc4)c2)C(C)(C)C(c2ccccc2)=C3)c1.[Ir].[c-]1ccccc1-c1ccccn1. The van der Waals surface area contributed by atoms with Crippen LogP contribution in [0.3, 0.4) is 0 Å². The molecule has 0 atom stereocenters. The van der Waals surface area contributed by atoms with E-state index < -0.39 is 5.89 Å². The largest absolute Gasteiger partial charge is 0.305 e. The van der Waals surface area contributed by atoms with Crippen LogP contribution in [0.5, 0.6) is 0 Å². The van der Waals surface area contributed by atoms with Gasteiger partial charge in [-0.25, -0.2) is 0 Å². The van der Waals surface area contributed by atoms with Gasteiger partial charge in [-0.3, -0.25) is 4.98 Å². The van der Waals surface area contributed by atoms with Crippen molar-refractivity contribution >= 4 is 11.6 Å². The molecule has 6 aromatic rings. The molecule has 2 heterocycles. The van der Waals surface area contributed by atoms with Crippen molar-refractivity contribution in [3.63, 3.8) is 0 Å². The van der Waals surface area contributed by atoms with Gasteiger partial charge in [0.15, 0.2) is 0 Å². The quantitative estimate of drug-likeness (QED) is 0.164. The molecule has 225 valence electrons. The number of hydrogen-bond acceptors (Lipinski definition) is 2. The molecule has 45 heavy (non-hydrogen) atoms. The predicted molar refractivity (Wildman–Crippen MR) is 184 cm³/mol. The summed E-state index contributed by atoms with van der Waals surface area (Å²) in [6, 6.07) is 47.9. The standard InChI is InChI=1S/C31H28N.C11H8N.Ir/c1-21(2)24-15-16-32-29(20-24)25-17-26-19-28(23-13-9-6-10-14-23)31(3,4)30(26)27(18-25)22-11-7-5-8-12-22;1-2-6-10(7-3-1)11-8-4-5-9-12-11;/h5-16,18-21H,1-4H3;1-6,8-9H;/q2*-1;/i21D;;. The number of fused-ring (bicyclic) bond motifs is 1. The fraction of sp³-hybridized carbons (Fsp3) is 0.143. The van der Waals surface area contributed by atoms with Crippen molar-refractivity contribution in [1.29, 1.82) is 0 Å². The molecule has 3 heteroatoms. The fourth-order valence-corrected chi connectivity index (χ4v) is 5.86. The Morgan fingerprint density at radius 2 is 1.36 bits per heavy atom. The molecule has 4 aromatic carbocycles. The Hall–Kier alpha value is -4.43. The van der Waals surface area contributed by atoms with Crippen LogP contribution in [0.2, 0.25) is 0 Å². The summed E-state index contributed by atoms with van der Waals surface area (Å²) in [7, 11) is 0. The maximum absolute atomic E-state index is 8.46. The minimum Gasteiger partial charge on any atom is -0.305 e. The molecule has 7 rings (SSSR count). The molecule has 0 unspecified atom stereocenters. The van der Waals surface area contributed by atoms with Gasteiger partial charge in [0.25, 0.3) is 0 Å². The number of hydrogen-bond donors (Lipinski definition) is 0. The molecule has 0 fully saturated rings. The number of benzene rings is 4. The van der Waals surface area contributed by atoms with Crippen molar-refractivity contribution < 1.29 is 21.5 Å². The molecular formula is C42H36IrN2-2. The minimum atomic E-state index is -0.681. The smallest absolute Gasteiger partial charge is 0.0346 e. The molecule has 0 saturated heterocycles. The average Bonchev–Trinajstić information content (AvgIpc) is 3.36. The van der Waals surface area contributed by atoms with Crippen LogP contribution in [-0.2, 0) is 25.5 Å². The summed E-state index contributed by atoms with van der Waals surface area (Å²) in [4.78, 5) is 8.88. The summed E-state index contributed by atoms with van der Waals surface area (Å²) >= 11 is 0. The number of allylic oxidation sites excluding steroid dienone is 1. The van der Waals surface area contributed by atoms with E-state index in [0.29, 0.717) is 0 Å². The van der Waals surface area contributed by atoms with E-state index in [0.717, 1.165) is 33.6 Å². The van der Waals surface area contributed by atoms with Crippen LogP contribution >= 0.6 is 0 Å². The van der Waals surface area contributed by atoms with Crippen molar-refractivity contribution in [2.45, 2.75) is 39.0 Å². The van der Waals surface area contributed by atoms with Crippen LogP contribution in [-0.4, -0.2) is 9.97 Å². The molecule has 0 amide bonds. The molecule has 0 spiro atoms. The first kappa shape index (κ1) is 30.6. The maximum Gasteiger partial charge on any atom is 0.0346 e. The van der Waals surface area contributed by atoms with Crippen molar-refractivity contribution in [2.75, 3.05) is 0 Å². The van der Waals surface area contributed by atoms with Crippen molar-refractivity contribution in [3.05, 3.63) is 168 Å². The van der Waals surface area contributed by atoms with Gasteiger partial charge in [0.1, 0.15) is 0 Å². The zero-order valence-corrected chi connectivity index (χ0v) is 28.4. The van der Waals surface area contributed by atoms with Gasteiger partial charge >= 0.3 is 0 Å². The fourth-order valence-electron chi connectivity index (χ4n) is 5.86. The molecule has 2 aromatic heterocycles. The molecule has 1 radical (unpaired) electrons. The summed E-state index contributed by atoms with van der Waals surface area (Å²) in [6.45, 7) is 8.43. The van der Waals surface area contributed by atoms with Gasteiger partial charge in [-0.05, 0) is 45.8 Å². The topological polar surface area (TPSA) is 25.8 Å². The van der Waals surface area contributed by atoms with E-state index in [2.05, 4.69) is 109 Å². The summed E-state index contributed by atoms with van der Waals surface area (Å²) in [5, 5.41) is 0. The second-order valence-corrected chi connectivity index (χ2v) is 11.7. The third kappa shape index (κ3) is 6.96. The normalized spacial score (nSPS) is 13.3. The van der Waals surface area contributed by atoms with Gasteiger partial charge in [-0.1, -0.05) is 129 Å². The summed E-state index contributed by atoms with van der Waals surface area (Å²) < 4.78 is 8.46. The van der Waals surface area contributed by atoms with Crippen LogP contribution in [0.25, 0.3) is 45.3 Å². The Morgan fingerprint density at radius 3 is 2.00 bits per heavy atom. The van der Waals surface area contributed by atoms with Gasteiger partial charge in [0.05, 0.1) is 0 Å². The van der Waals surface area contributed by atoms with E-state index in [-0.39, 0.29) is 25.5 Å². The zero-order valence-electron chi connectivity index (χ0n) is 27.0. The predicted octanol–water partition coefficient (Wildman–Crippen LogP) is 10.7. The number of aromatic nitrogens is 2. The second-order valence-electron chi connectivity index (χ2n) is 11.7.